The van der Waals surface area contributed by atoms with Gasteiger partial charge in [-0.05, 0) is 19.9 Å². The van der Waals surface area contributed by atoms with Crippen molar-refractivity contribution < 1.29 is 4.79 Å². The lowest BCUT2D eigenvalue weighted by Gasteiger charge is -2.30. The zero-order valence-corrected chi connectivity index (χ0v) is 6.97. The first kappa shape index (κ1) is 8.53. The number of nitrogens with one attached hydrogen (secondary N) is 1. The molecule has 1 heterocycles. The number of hydrogen-bond acceptors (Lipinski definition) is 2. The maximum atomic E-state index is 10.8. The summed E-state index contributed by atoms with van der Waals surface area (Å²) in [6.45, 7) is 5.09. The van der Waals surface area contributed by atoms with Crippen molar-refractivity contribution in [3.63, 3.8) is 0 Å². The zero-order chi connectivity index (χ0) is 8.27. The van der Waals surface area contributed by atoms with Crippen molar-refractivity contribution in [1.29, 1.82) is 0 Å². The molecule has 3 heteroatoms. The smallest absolute Gasteiger partial charge is 0.223 e. The van der Waals surface area contributed by atoms with Crippen LogP contribution in [-0.2, 0) is 4.79 Å². The van der Waals surface area contributed by atoms with Gasteiger partial charge in [0, 0.05) is 26.1 Å². The van der Waals surface area contributed by atoms with Gasteiger partial charge in [-0.15, -0.1) is 0 Å². The van der Waals surface area contributed by atoms with Crippen LogP contribution in [0.4, 0.5) is 0 Å². The van der Waals surface area contributed by atoms with E-state index < -0.39 is 0 Å². The molecule has 0 aromatic heterocycles. The first-order valence-electron chi connectivity index (χ1n) is 4.02. The van der Waals surface area contributed by atoms with Gasteiger partial charge in [0.1, 0.15) is 0 Å². The van der Waals surface area contributed by atoms with Crippen LogP contribution < -0.4 is 5.32 Å². The summed E-state index contributed by atoms with van der Waals surface area (Å²) in [6, 6.07) is 0.589. The fourth-order valence-corrected chi connectivity index (χ4v) is 1.42. The molecule has 0 saturated carbocycles. The number of carbonyl (C=O) groups is 1. The Bertz CT molecular complexity index is 139. The molecule has 1 fully saturated rings. The van der Waals surface area contributed by atoms with E-state index in [0.717, 1.165) is 25.9 Å². The number of piperidine rings is 1. The number of rotatable bonds is 1. The van der Waals surface area contributed by atoms with Gasteiger partial charge in [0.15, 0.2) is 0 Å². The number of nitrogens with zero attached hydrogens (tertiary/aromatic N) is 1. The Kier molecular flexibility index (Phi) is 2.88. The predicted molar refractivity (Wildman–Crippen MR) is 44.0 cm³/mol. The van der Waals surface area contributed by atoms with Gasteiger partial charge in [0.25, 0.3) is 0 Å². The molecule has 0 spiro atoms. The van der Waals surface area contributed by atoms with Crippen molar-refractivity contribution >= 4 is 5.91 Å². The first-order valence-corrected chi connectivity index (χ1v) is 4.02. The quantitative estimate of drug-likeness (QED) is 0.579. The molecule has 0 aliphatic carbocycles. The lowest BCUT2D eigenvalue weighted by molar-refractivity contribution is -0.127. The summed E-state index contributed by atoms with van der Waals surface area (Å²) < 4.78 is 0. The number of hydrogen-bond donors (Lipinski definition) is 1. The zero-order valence-electron chi connectivity index (χ0n) is 6.97. The van der Waals surface area contributed by atoms with E-state index in [1.165, 1.54) is 0 Å². The molecule has 1 rings (SSSR count). The molecule has 0 aromatic rings. The van der Waals surface area contributed by atoms with Crippen molar-refractivity contribution in [3.05, 3.63) is 6.92 Å². The Balaban J connectivity index is 2.30. The van der Waals surface area contributed by atoms with Crippen LogP contribution >= 0.6 is 0 Å². The van der Waals surface area contributed by atoms with E-state index in [-0.39, 0.29) is 5.91 Å². The Labute approximate surface area is 67.8 Å². The Morgan fingerprint density at radius 3 is 2.45 bits per heavy atom. The topological polar surface area (TPSA) is 32.3 Å². The number of likely N-dealkylation sites (tertiary alicyclic amines) is 1. The molecule has 1 N–H and O–H groups in total. The third kappa shape index (κ3) is 2.19. The van der Waals surface area contributed by atoms with Gasteiger partial charge in [0.05, 0.1) is 0 Å². The highest BCUT2D eigenvalue weighted by molar-refractivity contribution is 5.80. The molecular weight excluding hydrogens is 140 g/mol. The van der Waals surface area contributed by atoms with Crippen molar-refractivity contribution in [2.24, 2.45) is 0 Å². The molecule has 0 aromatic carbocycles. The minimum Gasteiger partial charge on any atom is -0.343 e. The van der Waals surface area contributed by atoms with E-state index in [4.69, 9.17) is 0 Å². The average Bonchev–Trinajstić information content (AvgIpc) is 2.05. The van der Waals surface area contributed by atoms with E-state index >= 15 is 0 Å². The predicted octanol–water partition coefficient (Wildman–Crippen LogP) is 0.0309. The largest absolute Gasteiger partial charge is 0.343 e. The summed E-state index contributed by atoms with van der Waals surface area (Å²) in [5.74, 6) is -0.0421. The van der Waals surface area contributed by atoms with Gasteiger partial charge in [-0.1, -0.05) is 0 Å². The van der Waals surface area contributed by atoms with Gasteiger partial charge in [-0.3, -0.25) is 4.79 Å². The van der Waals surface area contributed by atoms with Crippen LogP contribution in [0.2, 0.25) is 0 Å². The second kappa shape index (κ2) is 3.72. The van der Waals surface area contributed by atoms with Crippen molar-refractivity contribution in [2.45, 2.75) is 18.9 Å². The molecule has 1 aliphatic heterocycles. The van der Waals surface area contributed by atoms with Crippen molar-refractivity contribution in [1.82, 2.24) is 10.2 Å². The third-order valence-electron chi connectivity index (χ3n) is 2.26. The van der Waals surface area contributed by atoms with Gasteiger partial charge in [-0.25, -0.2) is 0 Å². The van der Waals surface area contributed by atoms with Crippen LogP contribution in [0.25, 0.3) is 0 Å². The summed E-state index contributed by atoms with van der Waals surface area (Å²) in [5, 5.41) is 3.20. The third-order valence-corrected chi connectivity index (χ3v) is 2.26. The molecule has 1 aliphatic rings. The molecule has 3 nitrogen and oxygen atoms in total. The summed E-state index contributed by atoms with van der Waals surface area (Å²) in [5.41, 5.74) is 0. The van der Waals surface area contributed by atoms with Gasteiger partial charge >= 0.3 is 0 Å². The van der Waals surface area contributed by atoms with Crippen LogP contribution in [-0.4, -0.2) is 37.0 Å². The average molecular weight is 155 g/mol. The van der Waals surface area contributed by atoms with E-state index in [0.29, 0.717) is 6.04 Å². The maximum Gasteiger partial charge on any atom is 0.223 e. The summed E-state index contributed by atoms with van der Waals surface area (Å²) in [6.07, 6.45) is 2.11. The molecule has 1 radical (unpaired) electrons. The van der Waals surface area contributed by atoms with Gasteiger partial charge < -0.3 is 10.2 Å². The molecular formula is C8H15N2O. The summed E-state index contributed by atoms with van der Waals surface area (Å²) in [4.78, 5) is 12.6. The Morgan fingerprint density at radius 1 is 1.55 bits per heavy atom. The lowest BCUT2D eigenvalue weighted by atomic mass is 10.1. The van der Waals surface area contributed by atoms with Crippen molar-refractivity contribution in [2.75, 3.05) is 20.1 Å². The molecule has 1 saturated heterocycles. The van der Waals surface area contributed by atoms with Crippen LogP contribution in [0.5, 0.6) is 0 Å². The summed E-state index contributed by atoms with van der Waals surface area (Å²) >= 11 is 0. The molecule has 0 unspecified atom stereocenters. The molecule has 63 valence electrons. The minimum absolute atomic E-state index is 0.0421. The molecule has 1 amide bonds. The van der Waals surface area contributed by atoms with Gasteiger partial charge in [0.2, 0.25) is 5.91 Å². The normalized spacial score (nSPS) is 20.4. The molecule has 0 atom stereocenters. The SMILES string of the molecule is [CH2]C(=O)N1CCC(NC)CC1. The van der Waals surface area contributed by atoms with Crippen LogP contribution in [0.15, 0.2) is 0 Å². The number of carbonyl (C=O) groups excluding carboxylic acids is 1. The van der Waals surface area contributed by atoms with Crippen LogP contribution in [0, 0.1) is 6.92 Å². The van der Waals surface area contributed by atoms with Crippen LogP contribution in [0.3, 0.4) is 0 Å². The highest BCUT2D eigenvalue weighted by atomic mass is 16.2. The van der Waals surface area contributed by atoms with E-state index in [2.05, 4.69) is 12.2 Å². The van der Waals surface area contributed by atoms with E-state index in [1.54, 1.807) is 4.90 Å². The van der Waals surface area contributed by atoms with Gasteiger partial charge in [-0.2, -0.15) is 0 Å². The molecule has 0 bridgehead atoms. The van der Waals surface area contributed by atoms with E-state index in [1.807, 2.05) is 7.05 Å². The monoisotopic (exact) mass is 155 g/mol. The fourth-order valence-electron chi connectivity index (χ4n) is 1.42. The first-order chi connectivity index (χ1) is 5.24. The molecule has 11 heavy (non-hydrogen) atoms. The standard InChI is InChI=1S/C8H15N2O/c1-7(11)10-5-3-8(9-2)4-6-10/h8-9H,1,3-6H2,2H3. The second-order valence-electron chi connectivity index (χ2n) is 2.94. The Hall–Kier alpha value is -0.570. The minimum atomic E-state index is -0.0421. The Morgan fingerprint density at radius 2 is 2.09 bits per heavy atom. The number of amides is 1. The van der Waals surface area contributed by atoms with Crippen LogP contribution in [0.1, 0.15) is 12.8 Å². The van der Waals surface area contributed by atoms with E-state index in [9.17, 15) is 4.79 Å². The highest BCUT2D eigenvalue weighted by Crippen LogP contribution is 2.09. The second-order valence-corrected chi connectivity index (χ2v) is 2.94. The lowest BCUT2D eigenvalue weighted by Crippen LogP contribution is -2.43. The maximum absolute atomic E-state index is 10.8. The van der Waals surface area contributed by atoms with Crippen molar-refractivity contribution in [3.8, 4) is 0 Å². The summed E-state index contributed by atoms with van der Waals surface area (Å²) in [7, 11) is 1.96. The highest BCUT2D eigenvalue weighted by Gasteiger charge is 2.18. The fraction of sp³-hybridized carbons (Fsp3) is 0.750.